The second-order valence-corrected chi connectivity index (χ2v) is 11.1. The fourth-order valence-corrected chi connectivity index (χ4v) is 7.30. The molecule has 0 aromatic heterocycles. The molecule has 0 radical (unpaired) electrons. The first-order valence-corrected chi connectivity index (χ1v) is 13.4. The van der Waals surface area contributed by atoms with E-state index in [2.05, 4.69) is 11.7 Å². The Hall–Kier alpha value is -1.26. The number of halogens is 4. The van der Waals surface area contributed by atoms with Gasteiger partial charge in [-0.1, -0.05) is 45.1 Å². The number of hydrogen-bond acceptors (Lipinski definition) is 1. The fourth-order valence-electron chi connectivity index (χ4n) is 7.30. The van der Waals surface area contributed by atoms with Crippen molar-refractivity contribution in [2.24, 2.45) is 29.6 Å². The minimum absolute atomic E-state index is 0.241. The lowest BCUT2D eigenvalue weighted by molar-refractivity contribution is -0.275. The van der Waals surface area contributed by atoms with Gasteiger partial charge in [0.05, 0.1) is 0 Å². The van der Waals surface area contributed by atoms with Crippen LogP contribution in [0.2, 0.25) is 0 Å². The normalized spacial score (nSPS) is 32.9. The predicted molar refractivity (Wildman–Crippen MR) is 124 cm³/mol. The summed E-state index contributed by atoms with van der Waals surface area (Å²) in [6, 6.07) is 3.99. The third-order valence-corrected chi connectivity index (χ3v) is 9.07. The molecule has 3 aliphatic carbocycles. The van der Waals surface area contributed by atoms with Crippen LogP contribution < -0.4 is 4.74 Å². The summed E-state index contributed by atoms with van der Waals surface area (Å²) in [6.07, 6.45) is 13.5. The molecule has 1 aromatic rings. The molecular weight excluding hydrogens is 428 g/mol. The van der Waals surface area contributed by atoms with Crippen LogP contribution in [0.3, 0.4) is 0 Å². The van der Waals surface area contributed by atoms with Gasteiger partial charge in [-0.15, -0.1) is 13.2 Å². The topological polar surface area (TPSA) is 9.23 Å². The second-order valence-electron chi connectivity index (χ2n) is 11.1. The maximum absolute atomic E-state index is 14.1. The Morgan fingerprint density at radius 2 is 1.45 bits per heavy atom. The third-order valence-electron chi connectivity index (χ3n) is 9.07. The molecule has 0 spiro atoms. The van der Waals surface area contributed by atoms with Gasteiger partial charge in [-0.2, -0.15) is 0 Å². The summed E-state index contributed by atoms with van der Waals surface area (Å²) in [6.45, 7) is 2.28. The number of hydrogen-bond donors (Lipinski definition) is 0. The molecule has 3 saturated carbocycles. The maximum atomic E-state index is 14.1. The van der Waals surface area contributed by atoms with Crippen molar-refractivity contribution in [2.75, 3.05) is 0 Å². The lowest BCUT2D eigenvalue weighted by Gasteiger charge is -2.45. The Balaban J connectivity index is 1.24. The van der Waals surface area contributed by atoms with Crippen LogP contribution in [-0.2, 0) is 0 Å². The molecule has 186 valence electrons. The van der Waals surface area contributed by atoms with Crippen molar-refractivity contribution in [3.8, 4) is 5.75 Å². The lowest BCUT2D eigenvalue weighted by atomic mass is 9.60. The van der Waals surface area contributed by atoms with Gasteiger partial charge in [-0.05, 0) is 111 Å². The van der Waals surface area contributed by atoms with Gasteiger partial charge in [0.25, 0.3) is 0 Å². The number of benzene rings is 1. The van der Waals surface area contributed by atoms with E-state index in [1.54, 1.807) is 6.07 Å². The van der Waals surface area contributed by atoms with E-state index in [1.165, 1.54) is 70.3 Å². The SMILES string of the molecule is CCCCCC1CCC2CC(C3CCC(c4ccc(OC(F)(F)F)c(F)c4)CC3)CCC2C1. The van der Waals surface area contributed by atoms with E-state index < -0.39 is 17.9 Å². The van der Waals surface area contributed by atoms with E-state index in [9.17, 15) is 17.6 Å². The lowest BCUT2D eigenvalue weighted by Crippen LogP contribution is -2.34. The molecule has 4 atom stereocenters. The van der Waals surface area contributed by atoms with E-state index in [0.29, 0.717) is 0 Å². The molecule has 1 nitrogen and oxygen atoms in total. The quantitative estimate of drug-likeness (QED) is 0.286. The zero-order valence-corrected chi connectivity index (χ0v) is 20.0. The van der Waals surface area contributed by atoms with Crippen LogP contribution in [0, 0.1) is 35.4 Å². The van der Waals surface area contributed by atoms with E-state index >= 15 is 0 Å². The molecule has 0 N–H and O–H groups in total. The van der Waals surface area contributed by atoms with Gasteiger partial charge in [0.2, 0.25) is 0 Å². The molecule has 0 amide bonds. The van der Waals surface area contributed by atoms with E-state index in [1.807, 2.05) is 0 Å². The summed E-state index contributed by atoms with van der Waals surface area (Å²) in [5, 5.41) is 0. The van der Waals surface area contributed by atoms with Crippen molar-refractivity contribution in [1.29, 1.82) is 0 Å². The molecule has 0 saturated heterocycles. The highest BCUT2D eigenvalue weighted by molar-refractivity contribution is 5.31. The zero-order valence-electron chi connectivity index (χ0n) is 20.0. The number of ether oxygens (including phenoxy) is 1. The number of fused-ring (bicyclic) bond motifs is 1. The standard InChI is InChI=1S/C28H40F4O/c1-2-3-4-5-19-6-7-24-17-23(13-12-22(24)16-19)20-8-10-21(11-9-20)25-14-15-27(26(29)18-25)33-28(30,31)32/h14-15,18-24H,2-13,16-17H2,1H3. The van der Waals surface area contributed by atoms with Gasteiger partial charge in [0.1, 0.15) is 0 Å². The number of alkyl halides is 3. The third kappa shape index (κ3) is 6.66. The summed E-state index contributed by atoms with van der Waals surface area (Å²) < 4.78 is 55.1. The van der Waals surface area contributed by atoms with Crippen LogP contribution in [0.1, 0.15) is 108 Å². The zero-order chi connectivity index (χ0) is 23.4. The fraction of sp³-hybridized carbons (Fsp3) is 0.786. The van der Waals surface area contributed by atoms with Crippen LogP contribution in [0.5, 0.6) is 5.75 Å². The van der Waals surface area contributed by atoms with Crippen molar-refractivity contribution in [1.82, 2.24) is 0 Å². The van der Waals surface area contributed by atoms with Gasteiger partial charge >= 0.3 is 6.36 Å². The van der Waals surface area contributed by atoms with Crippen molar-refractivity contribution < 1.29 is 22.3 Å². The van der Waals surface area contributed by atoms with Crippen LogP contribution in [-0.4, -0.2) is 6.36 Å². The highest BCUT2D eigenvalue weighted by Gasteiger charge is 2.39. The predicted octanol–water partition coefficient (Wildman–Crippen LogP) is 9.41. The molecular formula is C28H40F4O. The molecule has 1 aromatic carbocycles. The molecule has 0 aliphatic heterocycles. The van der Waals surface area contributed by atoms with Crippen LogP contribution in [0.15, 0.2) is 18.2 Å². The van der Waals surface area contributed by atoms with Crippen molar-refractivity contribution in [3.05, 3.63) is 29.6 Å². The largest absolute Gasteiger partial charge is 0.573 e. The Bertz CT molecular complexity index is 753. The number of unbranched alkanes of at least 4 members (excludes halogenated alkanes) is 2. The van der Waals surface area contributed by atoms with Gasteiger partial charge in [0, 0.05) is 0 Å². The molecule has 3 fully saturated rings. The van der Waals surface area contributed by atoms with Crippen LogP contribution in [0.25, 0.3) is 0 Å². The maximum Gasteiger partial charge on any atom is 0.573 e. The molecule has 4 unspecified atom stereocenters. The van der Waals surface area contributed by atoms with Gasteiger partial charge in [-0.25, -0.2) is 4.39 Å². The van der Waals surface area contributed by atoms with Crippen LogP contribution >= 0.6 is 0 Å². The van der Waals surface area contributed by atoms with Gasteiger partial charge < -0.3 is 4.74 Å². The minimum atomic E-state index is -4.87. The Kier molecular flexibility index (Phi) is 8.28. The first-order chi connectivity index (χ1) is 15.8. The highest BCUT2D eigenvalue weighted by atomic mass is 19.4. The van der Waals surface area contributed by atoms with Crippen LogP contribution in [0.4, 0.5) is 17.6 Å². The first kappa shape index (κ1) is 24.9. The minimum Gasteiger partial charge on any atom is -0.403 e. The van der Waals surface area contributed by atoms with Crippen molar-refractivity contribution in [2.45, 2.75) is 109 Å². The Labute approximate surface area is 196 Å². The monoisotopic (exact) mass is 468 g/mol. The van der Waals surface area contributed by atoms with E-state index in [0.717, 1.165) is 66.9 Å². The van der Waals surface area contributed by atoms with Crippen molar-refractivity contribution >= 4 is 0 Å². The molecule has 4 rings (SSSR count). The number of rotatable bonds is 7. The second kappa shape index (κ2) is 11.0. The highest BCUT2D eigenvalue weighted by Crippen LogP contribution is 2.50. The molecule has 5 heteroatoms. The molecule has 0 heterocycles. The summed E-state index contributed by atoms with van der Waals surface area (Å²) in [5.41, 5.74) is 0.811. The van der Waals surface area contributed by atoms with E-state index in [-0.39, 0.29) is 5.92 Å². The van der Waals surface area contributed by atoms with E-state index in [4.69, 9.17) is 0 Å². The average molecular weight is 469 g/mol. The van der Waals surface area contributed by atoms with Gasteiger partial charge in [-0.3, -0.25) is 0 Å². The molecule has 3 aliphatic rings. The summed E-state index contributed by atoms with van der Waals surface area (Å²) in [4.78, 5) is 0. The smallest absolute Gasteiger partial charge is 0.403 e. The Morgan fingerprint density at radius 3 is 2.12 bits per heavy atom. The van der Waals surface area contributed by atoms with Crippen molar-refractivity contribution in [3.63, 3.8) is 0 Å². The Morgan fingerprint density at radius 1 is 0.818 bits per heavy atom. The first-order valence-electron chi connectivity index (χ1n) is 13.4. The summed E-state index contributed by atoms with van der Waals surface area (Å²) in [7, 11) is 0. The summed E-state index contributed by atoms with van der Waals surface area (Å²) in [5.74, 6) is 3.04. The molecule has 33 heavy (non-hydrogen) atoms. The average Bonchev–Trinajstić information content (AvgIpc) is 2.79. The van der Waals surface area contributed by atoms with Gasteiger partial charge in [0.15, 0.2) is 11.6 Å². The summed E-state index contributed by atoms with van der Waals surface area (Å²) >= 11 is 0. The molecule has 0 bridgehead atoms.